The first-order chi connectivity index (χ1) is 10.2. The third-order valence-electron chi connectivity index (χ3n) is 3.88. The maximum absolute atomic E-state index is 13.0. The van der Waals surface area contributed by atoms with Crippen LogP contribution in [0.1, 0.15) is 23.3 Å². The predicted octanol–water partition coefficient (Wildman–Crippen LogP) is 4.80. The molecule has 1 aromatic heterocycles. The molecule has 1 nitrogen and oxygen atoms in total. The normalized spacial score (nSPS) is 16.1. The van der Waals surface area contributed by atoms with E-state index in [0.29, 0.717) is 5.92 Å². The Morgan fingerprint density at radius 1 is 1.19 bits per heavy atom. The van der Waals surface area contributed by atoms with E-state index in [4.69, 9.17) is 0 Å². The first kappa shape index (κ1) is 15.2. The standard InChI is InChI=1S/C17H19BrFNS/c18-16-7-8-21-17(16)10-13(11-20-15-5-6-15)9-12-1-3-14(19)4-2-12/h1-4,7-8,13,15,20H,5-6,9-11H2. The summed E-state index contributed by atoms with van der Waals surface area (Å²) < 4.78 is 14.2. The molecule has 0 amide bonds. The van der Waals surface area contributed by atoms with Gasteiger partial charge >= 0.3 is 0 Å². The fraction of sp³-hybridized carbons (Fsp3) is 0.412. The molecule has 1 N–H and O–H groups in total. The first-order valence-electron chi connectivity index (χ1n) is 7.40. The van der Waals surface area contributed by atoms with Crippen molar-refractivity contribution in [1.29, 1.82) is 0 Å². The minimum Gasteiger partial charge on any atom is -0.314 e. The van der Waals surface area contributed by atoms with Crippen molar-refractivity contribution in [3.63, 3.8) is 0 Å². The summed E-state index contributed by atoms with van der Waals surface area (Å²) in [5.41, 5.74) is 1.21. The van der Waals surface area contributed by atoms with Crippen LogP contribution < -0.4 is 5.32 Å². The van der Waals surface area contributed by atoms with Crippen molar-refractivity contribution < 1.29 is 4.39 Å². The Hall–Kier alpha value is -0.710. The van der Waals surface area contributed by atoms with Gasteiger partial charge in [0.2, 0.25) is 0 Å². The molecule has 0 saturated heterocycles. The Balaban J connectivity index is 1.65. The summed E-state index contributed by atoms with van der Waals surface area (Å²) in [6.07, 6.45) is 4.68. The average molecular weight is 368 g/mol. The Bertz CT molecular complexity index is 577. The zero-order valence-electron chi connectivity index (χ0n) is 11.8. The van der Waals surface area contributed by atoms with Gasteiger partial charge in [-0.25, -0.2) is 4.39 Å². The van der Waals surface area contributed by atoms with Crippen LogP contribution in [0.3, 0.4) is 0 Å². The van der Waals surface area contributed by atoms with Crippen LogP contribution in [-0.2, 0) is 12.8 Å². The molecule has 1 aliphatic rings. The van der Waals surface area contributed by atoms with Gasteiger partial charge in [0.05, 0.1) is 0 Å². The van der Waals surface area contributed by atoms with Crippen LogP contribution in [0.15, 0.2) is 40.2 Å². The van der Waals surface area contributed by atoms with Crippen molar-refractivity contribution >= 4 is 27.3 Å². The topological polar surface area (TPSA) is 12.0 Å². The lowest BCUT2D eigenvalue weighted by Gasteiger charge is -2.17. The van der Waals surface area contributed by atoms with Crippen LogP contribution in [0.4, 0.5) is 4.39 Å². The molecule has 0 spiro atoms. The smallest absolute Gasteiger partial charge is 0.123 e. The second kappa shape index (κ2) is 7.03. The fourth-order valence-corrected chi connectivity index (χ4v) is 4.15. The number of benzene rings is 1. The highest BCUT2D eigenvalue weighted by Crippen LogP contribution is 2.27. The lowest BCUT2D eigenvalue weighted by Crippen LogP contribution is -2.27. The van der Waals surface area contributed by atoms with Crippen molar-refractivity contribution in [2.24, 2.45) is 5.92 Å². The van der Waals surface area contributed by atoms with Crippen LogP contribution >= 0.6 is 27.3 Å². The third kappa shape index (κ3) is 4.63. The van der Waals surface area contributed by atoms with Gasteiger partial charge in [0.15, 0.2) is 0 Å². The van der Waals surface area contributed by atoms with E-state index in [2.05, 4.69) is 32.7 Å². The second-order valence-electron chi connectivity index (χ2n) is 5.77. The summed E-state index contributed by atoms with van der Waals surface area (Å²) >= 11 is 5.43. The summed E-state index contributed by atoms with van der Waals surface area (Å²) in [7, 11) is 0. The number of hydrogen-bond donors (Lipinski definition) is 1. The molecule has 112 valence electrons. The van der Waals surface area contributed by atoms with E-state index in [0.717, 1.165) is 25.4 Å². The molecule has 0 bridgehead atoms. The van der Waals surface area contributed by atoms with Crippen molar-refractivity contribution in [2.45, 2.75) is 31.7 Å². The van der Waals surface area contributed by atoms with Gasteiger partial charge in [0.25, 0.3) is 0 Å². The Kier molecular flexibility index (Phi) is 5.09. The van der Waals surface area contributed by atoms with Crippen molar-refractivity contribution in [3.05, 3.63) is 56.4 Å². The van der Waals surface area contributed by atoms with E-state index in [1.54, 1.807) is 23.5 Å². The van der Waals surface area contributed by atoms with Crippen molar-refractivity contribution in [3.8, 4) is 0 Å². The van der Waals surface area contributed by atoms with Gasteiger partial charge in [-0.1, -0.05) is 12.1 Å². The molecular weight excluding hydrogens is 349 g/mol. The van der Waals surface area contributed by atoms with Gasteiger partial charge in [-0.2, -0.15) is 0 Å². The molecule has 1 aromatic carbocycles. The largest absolute Gasteiger partial charge is 0.314 e. The van der Waals surface area contributed by atoms with E-state index < -0.39 is 0 Å². The Labute approximate surface area is 137 Å². The minimum atomic E-state index is -0.160. The maximum atomic E-state index is 13.0. The third-order valence-corrected chi connectivity index (χ3v) is 5.82. The highest BCUT2D eigenvalue weighted by molar-refractivity contribution is 9.10. The van der Waals surface area contributed by atoms with Gasteiger partial charge in [-0.05, 0) is 83.2 Å². The number of rotatable bonds is 7. The van der Waals surface area contributed by atoms with Crippen LogP contribution in [0, 0.1) is 11.7 Å². The van der Waals surface area contributed by atoms with Gasteiger partial charge in [-0.3, -0.25) is 0 Å². The predicted molar refractivity (Wildman–Crippen MR) is 90.3 cm³/mol. The molecule has 1 unspecified atom stereocenters. The lowest BCUT2D eigenvalue weighted by molar-refractivity contribution is 0.471. The fourth-order valence-electron chi connectivity index (χ4n) is 2.52. The zero-order valence-corrected chi connectivity index (χ0v) is 14.2. The van der Waals surface area contributed by atoms with E-state index in [-0.39, 0.29) is 5.82 Å². The molecule has 1 saturated carbocycles. The zero-order chi connectivity index (χ0) is 14.7. The lowest BCUT2D eigenvalue weighted by atomic mass is 9.95. The molecule has 3 rings (SSSR count). The summed E-state index contributed by atoms with van der Waals surface area (Å²) in [5.74, 6) is 0.387. The Morgan fingerprint density at radius 3 is 2.57 bits per heavy atom. The number of halogens is 2. The molecule has 1 aliphatic carbocycles. The van der Waals surface area contributed by atoms with Crippen LogP contribution in [0.25, 0.3) is 0 Å². The summed E-state index contributed by atoms with van der Waals surface area (Å²) in [4.78, 5) is 1.40. The molecule has 0 radical (unpaired) electrons. The summed E-state index contributed by atoms with van der Waals surface area (Å²) in [6.45, 7) is 1.03. The molecule has 21 heavy (non-hydrogen) atoms. The van der Waals surface area contributed by atoms with E-state index in [1.165, 1.54) is 27.8 Å². The monoisotopic (exact) mass is 367 g/mol. The van der Waals surface area contributed by atoms with Crippen LogP contribution in [-0.4, -0.2) is 12.6 Å². The SMILES string of the molecule is Fc1ccc(CC(CNC2CC2)Cc2sccc2Br)cc1. The number of hydrogen-bond acceptors (Lipinski definition) is 2. The molecular formula is C17H19BrFNS. The van der Waals surface area contributed by atoms with E-state index >= 15 is 0 Å². The van der Waals surface area contributed by atoms with Crippen LogP contribution in [0.5, 0.6) is 0 Å². The van der Waals surface area contributed by atoms with Gasteiger partial charge in [0, 0.05) is 15.4 Å². The molecule has 1 atom stereocenters. The molecule has 0 aliphatic heterocycles. The highest BCUT2D eigenvalue weighted by Gasteiger charge is 2.22. The first-order valence-corrected chi connectivity index (χ1v) is 9.07. The van der Waals surface area contributed by atoms with E-state index in [1.807, 2.05) is 12.1 Å². The molecule has 1 fully saturated rings. The average Bonchev–Trinajstić information content (AvgIpc) is 3.22. The number of thiophene rings is 1. The maximum Gasteiger partial charge on any atom is 0.123 e. The van der Waals surface area contributed by atoms with Crippen molar-refractivity contribution in [2.75, 3.05) is 6.54 Å². The van der Waals surface area contributed by atoms with Crippen LogP contribution in [0.2, 0.25) is 0 Å². The van der Waals surface area contributed by atoms with Gasteiger partial charge in [0.1, 0.15) is 5.82 Å². The minimum absolute atomic E-state index is 0.160. The van der Waals surface area contributed by atoms with Crippen molar-refractivity contribution in [1.82, 2.24) is 5.32 Å². The van der Waals surface area contributed by atoms with E-state index in [9.17, 15) is 4.39 Å². The number of nitrogens with one attached hydrogen (secondary N) is 1. The quantitative estimate of drug-likeness (QED) is 0.740. The Morgan fingerprint density at radius 2 is 1.95 bits per heavy atom. The summed E-state index contributed by atoms with van der Waals surface area (Å²) in [5, 5.41) is 5.76. The molecule has 2 aromatic rings. The molecule has 4 heteroatoms. The summed E-state index contributed by atoms with van der Waals surface area (Å²) in [6, 6.07) is 9.77. The van der Waals surface area contributed by atoms with Gasteiger partial charge in [-0.15, -0.1) is 11.3 Å². The molecule has 1 heterocycles. The second-order valence-corrected chi connectivity index (χ2v) is 7.63. The van der Waals surface area contributed by atoms with Gasteiger partial charge < -0.3 is 5.32 Å². The highest BCUT2D eigenvalue weighted by atomic mass is 79.9.